The van der Waals surface area contributed by atoms with Crippen LogP contribution in [0.2, 0.25) is 0 Å². The summed E-state index contributed by atoms with van der Waals surface area (Å²) >= 11 is 17.9. The second-order valence-corrected chi connectivity index (χ2v) is 15.0. The van der Waals surface area contributed by atoms with Crippen molar-refractivity contribution in [3.8, 4) is 0 Å². The lowest BCUT2D eigenvalue weighted by Gasteiger charge is -2.49. The summed E-state index contributed by atoms with van der Waals surface area (Å²) in [5.41, 5.74) is 0.632. The highest BCUT2D eigenvalue weighted by atomic mass is 35.6. The van der Waals surface area contributed by atoms with Crippen molar-refractivity contribution in [1.82, 2.24) is 5.32 Å². The quantitative estimate of drug-likeness (QED) is 0.174. The Labute approximate surface area is 340 Å². The average Bonchev–Trinajstić information content (AvgIpc) is 3.12. The monoisotopic (exact) mass is 863 g/mol. The summed E-state index contributed by atoms with van der Waals surface area (Å²) in [7, 11) is 0.986. The Morgan fingerprint density at radius 2 is 1.26 bits per heavy atom. The molecule has 2 saturated heterocycles. The number of esters is 6. The van der Waals surface area contributed by atoms with Crippen molar-refractivity contribution in [3.05, 3.63) is 48.0 Å². The third-order valence-corrected chi connectivity index (χ3v) is 8.82. The molecular formula is C36H40Cl3NO17. The van der Waals surface area contributed by atoms with Gasteiger partial charge in [0.15, 0.2) is 43.1 Å². The zero-order chi connectivity index (χ0) is 42.2. The summed E-state index contributed by atoms with van der Waals surface area (Å²) in [4.78, 5) is 88.3. The highest BCUT2D eigenvalue weighted by Crippen LogP contribution is 2.36. The number of ether oxygens (including phenoxy) is 10. The number of benzene rings is 2. The van der Waals surface area contributed by atoms with E-state index in [4.69, 9.17) is 82.2 Å². The van der Waals surface area contributed by atoms with Crippen LogP contribution in [0, 0.1) is 0 Å². The second kappa shape index (κ2) is 19.9. The van der Waals surface area contributed by atoms with Crippen LogP contribution in [-0.4, -0.2) is 121 Å². The minimum atomic E-state index is -2.60. The molecule has 18 nitrogen and oxygen atoms in total. The van der Waals surface area contributed by atoms with Gasteiger partial charge in [-0.3, -0.25) is 28.8 Å². The summed E-state index contributed by atoms with van der Waals surface area (Å²) < 4.78 is 54.1. The molecule has 0 aliphatic carbocycles. The van der Waals surface area contributed by atoms with Crippen LogP contribution in [0.3, 0.4) is 0 Å². The highest BCUT2D eigenvalue weighted by molar-refractivity contribution is 6.76. The van der Waals surface area contributed by atoms with Crippen molar-refractivity contribution in [3.63, 3.8) is 0 Å². The van der Waals surface area contributed by atoms with Crippen LogP contribution >= 0.6 is 34.8 Å². The van der Waals surface area contributed by atoms with E-state index in [1.54, 1.807) is 6.07 Å². The number of nitrogens with one attached hydrogen (secondary N) is 1. The van der Waals surface area contributed by atoms with E-state index in [1.165, 1.54) is 0 Å². The first-order chi connectivity index (χ1) is 26.8. The number of fused-ring (bicyclic) bond motifs is 1. The van der Waals surface area contributed by atoms with Gasteiger partial charge in [0.05, 0.1) is 13.7 Å². The number of methoxy groups -OCH3 is 1. The summed E-state index contributed by atoms with van der Waals surface area (Å²) in [6.07, 6.45) is -15.7. The topological polar surface area (TPSA) is 224 Å². The first-order valence-electron chi connectivity index (χ1n) is 17.1. The van der Waals surface area contributed by atoms with E-state index < -0.39 is 113 Å². The van der Waals surface area contributed by atoms with Gasteiger partial charge in [-0.15, -0.1) is 0 Å². The molecule has 0 spiro atoms. The van der Waals surface area contributed by atoms with Gasteiger partial charge in [0.1, 0.15) is 24.9 Å². The smallest absolute Gasteiger partial charge is 0.339 e. The second-order valence-electron chi connectivity index (χ2n) is 12.7. The molecule has 2 heterocycles. The van der Waals surface area contributed by atoms with Gasteiger partial charge in [-0.1, -0.05) is 71.2 Å². The summed E-state index contributed by atoms with van der Waals surface area (Å²) in [6.45, 7) is 4.35. The molecule has 2 aliphatic rings. The van der Waals surface area contributed by atoms with Gasteiger partial charge in [-0.25, -0.2) is 4.79 Å². The van der Waals surface area contributed by atoms with Crippen LogP contribution in [0.25, 0.3) is 10.8 Å². The van der Waals surface area contributed by atoms with E-state index in [2.05, 4.69) is 5.32 Å². The van der Waals surface area contributed by atoms with Crippen LogP contribution in [0.15, 0.2) is 42.5 Å². The highest BCUT2D eigenvalue weighted by Gasteiger charge is 2.59. The molecule has 2 aromatic carbocycles. The first-order valence-corrected chi connectivity index (χ1v) is 18.3. The lowest BCUT2D eigenvalue weighted by molar-refractivity contribution is -0.343. The molecule has 2 fully saturated rings. The van der Waals surface area contributed by atoms with E-state index in [-0.39, 0.29) is 6.61 Å². The Bertz CT molecular complexity index is 1820. The zero-order valence-electron chi connectivity index (χ0n) is 31.3. The SMILES string of the molecule is COC(=O)[C@H]1O[C@@H](O[C@@H]2[C@@H](NC(=O)C(Cl)(Cl)Cl)[C@H](OCc3ccc4ccccc4c3)O[C@H](COC(C)=O)[C@H]2OC(C)=O)[C@H](OC(C)=O)[C@@H](OC(C)=O)[C@@H]1OC(C)=O. The van der Waals surface area contributed by atoms with Crippen LogP contribution in [0.4, 0.5) is 0 Å². The minimum Gasteiger partial charge on any atom is -0.467 e. The first kappa shape index (κ1) is 45.4. The van der Waals surface area contributed by atoms with Gasteiger partial charge in [-0.05, 0) is 22.4 Å². The summed E-state index contributed by atoms with van der Waals surface area (Å²) in [5.74, 6) is -6.99. The number of carbonyl (C=O) groups excluding carboxylic acids is 7. The fourth-order valence-corrected chi connectivity index (χ4v) is 6.28. The van der Waals surface area contributed by atoms with Crippen LogP contribution in [0.5, 0.6) is 0 Å². The molecule has 0 saturated carbocycles. The standard InChI is InChI=1S/C36H40Cl3NO17/c1-16(41)49-15-24-26(51-17(2)42)27(56-34-31(54-20(5)45)29(53-19(4)44)28(52-18(3)43)30(57-34)32(46)48-6)25(40-35(47)36(37,38)39)33(55-24)50-14-21-11-12-22-9-7-8-10-23(22)13-21/h7-13,24-31,33-34H,14-15H2,1-6H3,(H,40,47)/t24-,25-,26-,27-,28+,29+,30+,31-,33-,34-/m1/s1. The molecule has 0 unspecified atom stereocenters. The third kappa shape index (κ3) is 12.3. The molecule has 0 bridgehead atoms. The number of hydrogen-bond acceptors (Lipinski definition) is 17. The molecule has 4 rings (SSSR count). The lowest BCUT2D eigenvalue weighted by atomic mass is 9.94. The summed E-state index contributed by atoms with van der Waals surface area (Å²) in [5, 5.41) is 4.27. The predicted octanol–water partition coefficient (Wildman–Crippen LogP) is 2.51. The molecule has 10 atom stereocenters. The van der Waals surface area contributed by atoms with Gasteiger partial charge in [-0.2, -0.15) is 0 Å². The molecule has 2 aromatic rings. The number of carbonyl (C=O) groups is 7. The number of amides is 1. The van der Waals surface area contributed by atoms with Crippen molar-refractivity contribution in [2.45, 2.75) is 106 Å². The Hall–Kier alpha value is -4.30. The molecule has 1 amide bonds. The number of halogens is 3. The maximum absolute atomic E-state index is 13.4. The van der Waals surface area contributed by atoms with Gasteiger partial charge < -0.3 is 52.7 Å². The fourth-order valence-electron chi connectivity index (χ4n) is 6.11. The average molecular weight is 865 g/mol. The normalized spacial score (nSPS) is 27.3. The van der Waals surface area contributed by atoms with Crippen molar-refractivity contribution in [1.29, 1.82) is 0 Å². The Morgan fingerprint density at radius 3 is 1.84 bits per heavy atom. The van der Waals surface area contributed by atoms with E-state index in [9.17, 15) is 33.6 Å². The molecule has 2 aliphatic heterocycles. The third-order valence-electron chi connectivity index (χ3n) is 8.31. The maximum Gasteiger partial charge on any atom is 0.339 e. The Balaban J connectivity index is 1.88. The van der Waals surface area contributed by atoms with Gasteiger partial charge in [0.25, 0.3) is 9.70 Å². The summed E-state index contributed by atoms with van der Waals surface area (Å²) in [6, 6.07) is 11.3. The molecule has 1 N–H and O–H groups in total. The zero-order valence-corrected chi connectivity index (χ0v) is 33.6. The maximum atomic E-state index is 13.4. The largest absolute Gasteiger partial charge is 0.467 e. The molecule has 57 heavy (non-hydrogen) atoms. The van der Waals surface area contributed by atoms with Gasteiger partial charge in [0, 0.05) is 34.6 Å². The van der Waals surface area contributed by atoms with E-state index in [0.29, 0.717) is 5.56 Å². The molecular weight excluding hydrogens is 825 g/mol. The van der Waals surface area contributed by atoms with Crippen molar-refractivity contribution >= 4 is 87.3 Å². The molecule has 21 heteroatoms. The molecule has 0 radical (unpaired) electrons. The van der Waals surface area contributed by atoms with E-state index >= 15 is 0 Å². The number of rotatable bonds is 13. The molecule has 312 valence electrons. The van der Waals surface area contributed by atoms with E-state index in [0.717, 1.165) is 52.5 Å². The predicted molar refractivity (Wildman–Crippen MR) is 194 cm³/mol. The van der Waals surface area contributed by atoms with Crippen molar-refractivity contribution < 1.29 is 80.9 Å². The van der Waals surface area contributed by atoms with Crippen LogP contribution < -0.4 is 5.32 Å². The number of hydrogen-bond donors (Lipinski definition) is 1. The van der Waals surface area contributed by atoms with E-state index in [1.807, 2.05) is 36.4 Å². The van der Waals surface area contributed by atoms with Crippen LogP contribution in [0.1, 0.15) is 40.2 Å². The number of alkyl halides is 3. The van der Waals surface area contributed by atoms with Crippen LogP contribution in [-0.2, 0) is 87.5 Å². The van der Waals surface area contributed by atoms with Gasteiger partial charge >= 0.3 is 35.8 Å². The minimum absolute atomic E-state index is 0.181. The van der Waals surface area contributed by atoms with Crippen molar-refractivity contribution in [2.24, 2.45) is 0 Å². The van der Waals surface area contributed by atoms with Crippen molar-refractivity contribution in [2.75, 3.05) is 13.7 Å². The Morgan fingerprint density at radius 1 is 0.684 bits per heavy atom. The van der Waals surface area contributed by atoms with Gasteiger partial charge in [0.2, 0.25) is 0 Å². The fraction of sp³-hybridized carbons (Fsp3) is 0.528. The lowest BCUT2D eigenvalue weighted by Crippen LogP contribution is -2.70. The molecule has 0 aromatic heterocycles. The Kier molecular flexibility index (Phi) is 15.9.